The van der Waals surface area contributed by atoms with Gasteiger partial charge in [0.25, 0.3) is 0 Å². The normalized spacial score (nSPS) is 9.90. The molecule has 0 aromatic carbocycles. The first-order chi connectivity index (χ1) is 12.8. The Morgan fingerprint density at radius 2 is 0.862 bits per heavy atom. The van der Waals surface area contributed by atoms with Crippen molar-refractivity contribution in [2.45, 2.75) is 120 Å². The van der Waals surface area contributed by atoms with Gasteiger partial charge in [0.2, 0.25) is 0 Å². The van der Waals surface area contributed by atoms with Gasteiger partial charge in [0.05, 0.1) is 0 Å². The molecule has 0 saturated heterocycles. The second-order valence-corrected chi connectivity index (χ2v) is 8.90. The van der Waals surface area contributed by atoms with Crippen LogP contribution in [0.1, 0.15) is 117 Å². The van der Waals surface area contributed by atoms with Crippen molar-refractivity contribution in [3.05, 3.63) is 0 Å². The predicted octanol–water partition coefficient (Wildman–Crippen LogP) is -0.497. The fourth-order valence-corrected chi connectivity index (χ4v) is 3.13. The largest absolute Gasteiger partial charge is 1.00 e. The van der Waals surface area contributed by atoms with Crippen LogP contribution in [-0.4, -0.2) is 57.2 Å². The molecule has 0 aliphatic heterocycles. The summed E-state index contributed by atoms with van der Waals surface area (Å²) < 4.78 is 35.6. The maximum Gasteiger partial charge on any atom is 1.00 e. The molecule has 0 spiro atoms. The number of rotatable bonds is 16. The molecule has 0 aliphatic rings. The Morgan fingerprint density at radius 3 is 1.10 bits per heavy atom. The molecule has 0 rings (SSSR count). The Labute approximate surface area is 243 Å². The average molecular weight is 465 g/mol. The molecule has 0 aliphatic carbocycles. The number of unbranched alkanes of at least 4 members (excludes halogenated alkanes) is 14. The van der Waals surface area contributed by atoms with Crippen LogP contribution in [0.5, 0.6) is 0 Å². The first kappa shape index (κ1) is 42.0. The van der Waals surface area contributed by atoms with E-state index < -0.39 is 10.4 Å². The fourth-order valence-electron chi connectivity index (χ4n) is 2.63. The molecule has 0 fully saturated rings. The van der Waals surface area contributed by atoms with Gasteiger partial charge in [0, 0.05) is 17.0 Å². The van der Waals surface area contributed by atoms with Crippen LogP contribution < -0.4 is 59.1 Å². The molecule has 0 unspecified atom stereocenters. The third-order valence-corrected chi connectivity index (χ3v) is 4.93. The summed E-state index contributed by atoms with van der Waals surface area (Å²) in [5.41, 5.74) is 0. The molecule has 0 heterocycles. The van der Waals surface area contributed by atoms with Gasteiger partial charge in [0.1, 0.15) is 0 Å². The van der Waals surface area contributed by atoms with Crippen molar-refractivity contribution in [3.8, 4) is 0 Å². The monoisotopic (exact) mass is 464 g/mol. The molecule has 0 saturated carbocycles. The maximum atomic E-state index is 8.52. The van der Waals surface area contributed by atoms with Crippen LogP contribution in [0.2, 0.25) is 3.67 Å². The topological polar surface area (TPSA) is 100 Å². The standard InChI is InChI=1S/C10H22O.C10H21.3Na.H2O4S/c1-2-3-4-5-6-7-8-9-10-11;1-3-5-7-9-10-8-6-4-2;;;;1-5(2,3)4/h11H,2-10H2,1H3;1,3-10H2,2H3;;;;(H2,1,2,3,4)/q;;;2*+1;/p-2. The van der Waals surface area contributed by atoms with E-state index in [-0.39, 0.29) is 59.1 Å². The van der Waals surface area contributed by atoms with Gasteiger partial charge in [-0.3, -0.25) is 8.42 Å². The smallest absolute Gasteiger partial charge is 0.759 e. The average Bonchev–Trinajstić information content (AvgIpc) is 2.59. The molecule has 29 heavy (non-hydrogen) atoms. The van der Waals surface area contributed by atoms with E-state index in [1.54, 1.807) is 0 Å². The van der Waals surface area contributed by atoms with Crippen LogP contribution in [0.15, 0.2) is 0 Å². The summed E-state index contributed by atoms with van der Waals surface area (Å²) in [5, 5.41) is 8.51. The van der Waals surface area contributed by atoms with E-state index in [0.29, 0.717) is 6.61 Å². The minimum absolute atomic E-state index is 0. The van der Waals surface area contributed by atoms with Gasteiger partial charge in [0.15, 0.2) is 0 Å². The van der Waals surface area contributed by atoms with Crippen molar-refractivity contribution in [2.24, 2.45) is 0 Å². The Bertz CT molecular complexity index is 303. The second kappa shape index (κ2) is 38.1. The van der Waals surface area contributed by atoms with E-state index in [4.69, 9.17) is 22.6 Å². The molecular formula is C20H43Na3O5S. The Balaban J connectivity index is -0.000000102. The Kier molecular flexibility index (Phi) is 55.2. The zero-order valence-electron chi connectivity index (χ0n) is 20.2. The van der Waals surface area contributed by atoms with E-state index in [9.17, 15) is 0 Å². The van der Waals surface area contributed by atoms with Crippen LogP contribution in [-0.2, 0) is 10.4 Å². The molecule has 0 aromatic rings. The summed E-state index contributed by atoms with van der Waals surface area (Å²) in [6.07, 6.45) is 22.1. The maximum absolute atomic E-state index is 8.52. The number of hydrogen-bond donors (Lipinski definition) is 1. The molecule has 5 nitrogen and oxygen atoms in total. The summed E-state index contributed by atoms with van der Waals surface area (Å²) in [7, 11) is -5.17. The Hall–Kier alpha value is 2.83. The molecule has 0 amide bonds. The van der Waals surface area contributed by atoms with Crippen LogP contribution in [0.3, 0.4) is 0 Å². The summed E-state index contributed by atoms with van der Waals surface area (Å²) in [5.74, 6) is 0. The SMILES string of the molecule is CCCCCCCCCCO.CCCCCCCCC[CH2][Na].O=S(=O)([O-])[O-].[Na+].[Na+]. The first-order valence-electron chi connectivity index (χ1n) is 11.1. The van der Waals surface area contributed by atoms with Gasteiger partial charge in [-0.2, -0.15) is 0 Å². The van der Waals surface area contributed by atoms with Gasteiger partial charge < -0.3 is 14.2 Å². The van der Waals surface area contributed by atoms with Gasteiger partial charge >= 0.3 is 149 Å². The van der Waals surface area contributed by atoms with Crippen molar-refractivity contribution in [1.82, 2.24) is 0 Å². The summed E-state index contributed by atoms with van der Waals surface area (Å²) >= 11 is 1.41. The van der Waals surface area contributed by atoms with Crippen LogP contribution in [0, 0.1) is 0 Å². The summed E-state index contributed by atoms with van der Waals surface area (Å²) in [6.45, 7) is 4.89. The summed E-state index contributed by atoms with van der Waals surface area (Å²) in [4.78, 5) is 0. The van der Waals surface area contributed by atoms with Gasteiger partial charge in [-0.1, -0.05) is 51.9 Å². The van der Waals surface area contributed by atoms with Crippen molar-refractivity contribution < 1.29 is 81.7 Å². The van der Waals surface area contributed by atoms with Crippen molar-refractivity contribution in [3.63, 3.8) is 0 Å². The molecule has 0 radical (unpaired) electrons. The zero-order chi connectivity index (χ0) is 21.2. The molecule has 0 bridgehead atoms. The Morgan fingerprint density at radius 1 is 0.621 bits per heavy atom. The number of aliphatic hydroxyl groups is 1. The van der Waals surface area contributed by atoms with E-state index in [0.717, 1.165) is 6.42 Å². The number of hydrogen-bond acceptors (Lipinski definition) is 5. The van der Waals surface area contributed by atoms with E-state index in [1.165, 1.54) is 128 Å². The van der Waals surface area contributed by atoms with Crippen molar-refractivity contribution in [1.29, 1.82) is 0 Å². The quantitative estimate of drug-likeness (QED) is 0.144. The second-order valence-electron chi connectivity index (χ2n) is 7.08. The van der Waals surface area contributed by atoms with Gasteiger partial charge in [-0.15, -0.1) is 0 Å². The first-order valence-corrected chi connectivity index (χ1v) is 13.9. The molecule has 9 heteroatoms. The van der Waals surface area contributed by atoms with E-state index in [1.807, 2.05) is 0 Å². The third kappa shape index (κ3) is 72.3. The molecule has 0 aromatic heterocycles. The van der Waals surface area contributed by atoms with E-state index in [2.05, 4.69) is 13.8 Å². The van der Waals surface area contributed by atoms with Gasteiger partial charge in [-0.05, 0) is 6.42 Å². The van der Waals surface area contributed by atoms with Crippen LogP contribution >= 0.6 is 0 Å². The van der Waals surface area contributed by atoms with Crippen LogP contribution in [0.4, 0.5) is 0 Å². The zero-order valence-corrected chi connectivity index (χ0v) is 27.0. The minimum atomic E-state index is -5.17. The summed E-state index contributed by atoms with van der Waals surface area (Å²) in [6, 6.07) is 0. The van der Waals surface area contributed by atoms with Crippen LogP contribution in [0.25, 0.3) is 0 Å². The minimum Gasteiger partial charge on any atom is -0.759 e. The van der Waals surface area contributed by atoms with Crippen molar-refractivity contribution in [2.75, 3.05) is 6.61 Å². The molecule has 0 atom stereocenters. The fraction of sp³-hybridized carbons (Fsp3) is 1.00. The third-order valence-electron chi connectivity index (χ3n) is 4.22. The van der Waals surface area contributed by atoms with E-state index >= 15 is 0 Å². The van der Waals surface area contributed by atoms with Gasteiger partial charge in [-0.25, -0.2) is 0 Å². The molecule has 162 valence electrons. The van der Waals surface area contributed by atoms with Crippen molar-refractivity contribution >= 4 is 38.3 Å². The predicted molar refractivity (Wildman–Crippen MR) is 113 cm³/mol. The molecular weight excluding hydrogens is 421 g/mol. The molecule has 1 N–H and O–H groups in total. The number of aliphatic hydroxyl groups excluding tert-OH is 1.